The van der Waals surface area contributed by atoms with E-state index in [0.717, 1.165) is 19.5 Å². The first kappa shape index (κ1) is 5.56. The van der Waals surface area contributed by atoms with Gasteiger partial charge in [-0.25, -0.2) is 0 Å². The predicted octanol–water partition coefficient (Wildman–Crippen LogP) is -0.954. The van der Waals surface area contributed by atoms with Crippen molar-refractivity contribution in [3.05, 3.63) is 0 Å². The number of amides is 1. The molecule has 1 fully saturated rings. The SMILES string of the molecule is CN1CC(NC=O)C1. The minimum Gasteiger partial charge on any atom is -0.353 e. The molecule has 0 aromatic heterocycles. The number of likely N-dealkylation sites (N-methyl/N-ethyl adjacent to an activating group) is 1. The Hall–Kier alpha value is -0.570. The van der Waals surface area contributed by atoms with Crippen LogP contribution in [0.2, 0.25) is 0 Å². The minimum absolute atomic E-state index is 0.414. The molecule has 46 valence electrons. The quantitative estimate of drug-likeness (QED) is 0.469. The number of hydrogen-bond acceptors (Lipinski definition) is 2. The predicted molar refractivity (Wildman–Crippen MR) is 30.5 cm³/mol. The Morgan fingerprint density at radius 3 is 2.75 bits per heavy atom. The summed E-state index contributed by atoms with van der Waals surface area (Å²) >= 11 is 0. The second-order valence-electron chi connectivity index (χ2n) is 2.20. The van der Waals surface area contributed by atoms with Gasteiger partial charge < -0.3 is 10.2 Å². The van der Waals surface area contributed by atoms with Gasteiger partial charge in [-0.15, -0.1) is 0 Å². The van der Waals surface area contributed by atoms with Gasteiger partial charge in [0.05, 0.1) is 6.04 Å². The lowest BCUT2D eigenvalue weighted by Gasteiger charge is -2.35. The smallest absolute Gasteiger partial charge is 0.207 e. The van der Waals surface area contributed by atoms with Gasteiger partial charge in [0.2, 0.25) is 6.41 Å². The van der Waals surface area contributed by atoms with Crippen LogP contribution in [0.15, 0.2) is 0 Å². The number of likely N-dealkylation sites (tertiary alicyclic amines) is 1. The maximum Gasteiger partial charge on any atom is 0.207 e. The summed E-state index contributed by atoms with van der Waals surface area (Å²) in [6.07, 6.45) is 0.762. The van der Waals surface area contributed by atoms with Crippen molar-refractivity contribution in [2.75, 3.05) is 20.1 Å². The van der Waals surface area contributed by atoms with Crippen molar-refractivity contribution in [2.45, 2.75) is 6.04 Å². The Bertz CT molecular complexity index is 88.4. The molecule has 0 radical (unpaired) electrons. The van der Waals surface area contributed by atoms with Crippen molar-refractivity contribution in [2.24, 2.45) is 0 Å². The van der Waals surface area contributed by atoms with Gasteiger partial charge in [-0.2, -0.15) is 0 Å². The summed E-state index contributed by atoms with van der Waals surface area (Å²) in [6.45, 7) is 2.00. The summed E-state index contributed by atoms with van der Waals surface area (Å²) in [5.74, 6) is 0. The van der Waals surface area contributed by atoms with Gasteiger partial charge in [0.25, 0.3) is 0 Å². The van der Waals surface area contributed by atoms with Gasteiger partial charge >= 0.3 is 0 Å². The highest BCUT2D eigenvalue weighted by molar-refractivity contribution is 5.47. The Kier molecular flexibility index (Phi) is 1.48. The highest BCUT2D eigenvalue weighted by atomic mass is 16.1. The summed E-state index contributed by atoms with van der Waals surface area (Å²) < 4.78 is 0. The second-order valence-corrected chi connectivity index (χ2v) is 2.20. The van der Waals surface area contributed by atoms with E-state index in [2.05, 4.69) is 10.2 Å². The third kappa shape index (κ3) is 0.980. The highest BCUT2D eigenvalue weighted by Crippen LogP contribution is 2.01. The van der Waals surface area contributed by atoms with E-state index in [1.54, 1.807) is 0 Å². The van der Waals surface area contributed by atoms with Crippen LogP contribution in [-0.2, 0) is 4.79 Å². The molecule has 0 atom stereocenters. The van der Waals surface area contributed by atoms with E-state index in [0.29, 0.717) is 6.04 Å². The van der Waals surface area contributed by atoms with Crippen molar-refractivity contribution >= 4 is 6.41 Å². The van der Waals surface area contributed by atoms with Crippen LogP contribution >= 0.6 is 0 Å². The molecule has 1 heterocycles. The van der Waals surface area contributed by atoms with Gasteiger partial charge in [0, 0.05) is 13.1 Å². The van der Waals surface area contributed by atoms with Crippen LogP contribution in [0.5, 0.6) is 0 Å². The van der Waals surface area contributed by atoms with Crippen molar-refractivity contribution in [3.63, 3.8) is 0 Å². The molecular formula is C5H10N2O. The van der Waals surface area contributed by atoms with Crippen LogP contribution in [0.25, 0.3) is 0 Å². The lowest BCUT2D eigenvalue weighted by Crippen LogP contribution is -2.55. The molecule has 0 spiro atoms. The van der Waals surface area contributed by atoms with Gasteiger partial charge in [-0.05, 0) is 7.05 Å². The Balaban J connectivity index is 2.06. The minimum atomic E-state index is 0.414. The molecule has 1 N–H and O–H groups in total. The molecule has 0 saturated carbocycles. The molecule has 3 heteroatoms. The average molecular weight is 114 g/mol. The summed E-state index contributed by atoms with van der Waals surface area (Å²) in [5.41, 5.74) is 0. The third-order valence-electron chi connectivity index (χ3n) is 1.37. The van der Waals surface area contributed by atoms with Crippen LogP contribution in [0, 0.1) is 0 Å². The average Bonchev–Trinajstić information content (AvgIpc) is 1.64. The molecule has 0 unspecified atom stereocenters. The standard InChI is InChI=1S/C5H10N2O/c1-7-2-5(3-7)6-4-8/h4-5H,2-3H2,1H3,(H,6,8). The van der Waals surface area contributed by atoms with Crippen molar-refractivity contribution in [1.82, 2.24) is 10.2 Å². The number of carbonyl (C=O) groups excluding carboxylic acids is 1. The summed E-state index contributed by atoms with van der Waals surface area (Å²) in [4.78, 5) is 11.9. The molecule has 8 heavy (non-hydrogen) atoms. The fraction of sp³-hybridized carbons (Fsp3) is 0.800. The largest absolute Gasteiger partial charge is 0.353 e. The maximum atomic E-state index is 9.79. The molecule has 1 aliphatic rings. The molecule has 0 aromatic carbocycles. The van der Waals surface area contributed by atoms with E-state index in [9.17, 15) is 4.79 Å². The monoisotopic (exact) mass is 114 g/mol. The van der Waals surface area contributed by atoms with E-state index in [1.165, 1.54) is 0 Å². The number of nitrogens with zero attached hydrogens (tertiary/aromatic N) is 1. The van der Waals surface area contributed by atoms with Crippen molar-refractivity contribution < 1.29 is 4.79 Å². The molecule has 1 saturated heterocycles. The normalized spacial score (nSPS) is 22.1. The molecule has 0 aromatic rings. The number of hydrogen-bond donors (Lipinski definition) is 1. The van der Waals surface area contributed by atoms with Gasteiger partial charge in [0.15, 0.2) is 0 Å². The summed E-state index contributed by atoms with van der Waals surface area (Å²) in [7, 11) is 2.03. The molecule has 1 aliphatic heterocycles. The van der Waals surface area contributed by atoms with Crippen LogP contribution in [0.3, 0.4) is 0 Å². The van der Waals surface area contributed by atoms with Crippen molar-refractivity contribution in [3.8, 4) is 0 Å². The van der Waals surface area contributed by atoms with Gasteiger partial charge in [-0.1, -0.05) is 0 Å². The van der Waals surface area contributed by atoms with Crippen LogP contribution in [0.1, 0.15) is 0 Å². The molecular weight excluding hydrogens is 104 g/mol. The van der Waals surface area contributed by atoms with Gasteiger partial charge in [0.1, 0.15) is 0 Å². The number of rotatable bonds is 2. The van der Waals surface area contributed by atoms with E-state index < -0.39 is 0 Å². The topological polar surface area (TPSA) is 32.3 Å². The van der Waals surface area contributed by atoms with E-state index in [4.69, 9.17) is 0 Å². The zero-order chi connectivity index (χ0) is 5.98. The zero-order valence-corrected chi connectivity index (χ0v) is 4.92. The molecule has 1 rings (SSSR count). The first-order valence-corrected chi connectivity index (χ1v) is 2.71. The molecule has 0 bridgehead atoms. The fourth-order valence-corrected chi connectivity index (χ4v) is 0.901. The first-order valence-electron chi connectivity index (χ1n) is 2.71. The van der Waals surface area contributed by atoms with Crippen LogP contribution < -0.4 is 5.32 Å². The Morgan fingerprint density at radius 2 is 2.38 bits per heavy atom. The Labute approximate surface area is 48.7 Å². The fourth-order valence-electron chi connectivity index (χ4n) is 0.901. The van der Waals surface area contributed by atoms with E-state index in [1.807, 2.05) is 7.05 Å². The summed E-state index contributed by atoms with van der Waals surface area (Å²) in [6, 6.07) is 0.414. The Morgan fingerprint density at radius 1 is 1.75 bits per heavy atom. The van der Waals surface area contributed by atoms with E-state index >= 15 is 0 Å². The summed E-state index contributed by atoms with van der Waals surface area (Å²) in [5, 5.41) is 2.69. The molecule has 3 nitrogen and oxygen atoms in total. The second kappa shape index (κ2) is 2.13. The van der Waals surface area contributed by atoms with Gasteiger partial charge in [-0.3, -0.25) is 4.79 Å². The number of nitrogens with one attached hydrogen (secondary N) is 1. The lowest BCUT2D eigenvalue weighted by molar-refractivity contribution is -0.111. The number of carbonyl (C=O) groups is 1. The van der Waals surface area contributed by atoms with Crippen LogP contribution in [-0.4, -0.2) is 37.5 Å². The first-order chi connectivity index (χ1) is 3.83. The lowest BCUT2D eigenvalue weighted by atomic mass is 10.1. The molecule has 1 amide bonds. The van der Waals surface area contributed by atoms with E-state index in [-0.39, 0.29) is 0 Å². The third-order valence-corrected chi connectivity index (χ3v) is 1.37. The maximum absolute atomic E-state index is 9.79. The van der Waals surface area contributed by atoms with Crippen molar-refractivity contribution in [1.29, 1.82) is 0 Å². The zero-order valence-electron chi connectivity index (χ0n) is 4.92. The van der Waals surface area contributed by atoms with Crippen LogP contribution in [0.4, 0.5) is 0 Å². The highest BCUT2D eigenvalue weighted by Gasteiger charge is 2.21. The molecule has 0 aliphatic carbocycles.